The van der Waals surface area contributed by atoms with Gasteiger partial charge in [-0.25, -0.2) is 0 Å². The van der Waals surface area contributed by atoms with Crippen molar-refractivity contribution >= 4 is 12.4 Å². The molecule has 0 bridgehead atoms. The first-order valence-electron chi connectivity index (χ1n) is 8.09. The van der Waals surface area contributed by atoms with Crippen molar-refractivity contribution in [3.8, 4) is 17.2 Å². The van der Waals surface area contributed by atoms with Gasteiger partial charge in [0.15, 0.2) is 5.82 Å². The molecule has 1 N–H and O–H groups in total. The standard InChI is InChI=1S/C17H23N3O3.ClH/c1-12(18-2)9-16-19-17(23-20-16)13-5-3-6-14(10-13)22-11-15-7-4-8-21-15;/h3,5-6,10,12,15,18H,4,7-9,11H2,1-2H3;1H. The van der Waals surface area contributed by atoms with Gasteiger partial charge in [-0.2, -0.15) is 4.98 Å². The number of likely N-dealkylation sites (N-methyl/N-ethyl adjacent to an activating group) is 1. The predicted molar refractivity (Wildman–Crippen MR) is 93.7 cm³/mol. The number of halogens is 1. The van der Waals surface area contributed by atoms with Crippen LogP contribution in [0.3, 0.4) is 0 Å². The Morgan fingerprint density at radius 3 is 3.04 bits per heavy atom. The van der Waals surface area contributed by atoms with Gasteiger partial charge in [-0.05, 0) is 45.0 Å². The van der Waals surface area contributed by atoms with Crippen LogP contribution in [0.2, 0.25) is 0 Å². The number of aromatic nitrogens is 2. The Labute approximate surface area is 148 Å². The van der Waals surface area contributed by atoms with Crippen molar-refractivity contribution < 1.29 is 14.0 Å². The van der Waals surface area contributed by atoms with Crippen molar-refractivity contribution in [1.29, 1.82) is 0 Å². The van der Waals surface area contributed by atoms with Crippen LogP contribution < -0.4 is 10.1 Å². The largest absolute Gasteiger partial charge is 0.491 e. The highest BCUT2D eigenvalue weighted by Crippen LogP contribution is 2.23. The molecule has 132 valence electrons. The van der Waals surface area contributed by atoms with Crippen LogP contribution in [-0.4, -0.2) is 42.5 Å². The summed E-state index contributed by atoms with van der Waals surface area (Å²) in [6.07, 6.45) is 3.12. The molecule has 6 nitrogen and oxygen atoms in total. The van der Waals surface area contributed by atoms with E-state index in [0.29, 0.717) is 24.4 Å². The zero-order chi connectivity index (χ0) is 16.1. The average Bonchev–Trinajstić information content (AvgIpc) is 3.25. The van der Waals surface area contributed by atoms with Crippen LogP contribution >= 0.6 is 12.4 Å². The van der Waals surface area contributed by atoms with Crippen molar-refractivity contribution in [2.45, 2.75) is 38.3 Å². The summed E-state index contributed by atoms with van der Waals surface area (Å²) >= 11 is 0. The van der Waals surface area contributed by atoms with Crippen LogP contribution in [0.25, 0.3) is 11.5 Å². The van der Waals surface area contributed by atoms with Crippen molar-refractivity contribution in [1.82, 2.24) is 15.5 Å². The molecule has 0 saturated carbocycles. The molecular formula is C17H24ClN3O3. The zero-order valence-electron chi connectivity index (χ0n) is 14.0. The second-order valence-corrected chi connectivity index (χ2v) is 5.88. The van der Waals surface area contributed by atoms with E-state index in [1.54, 1.807) is 0 Å². The van der Waals surface area contributed by atoms with Crippen molar-refractivity contribution in [3.63, 3.8) is 0 Å². The Balaban J connectivity index is 0.00000208. The van der Waals surface area contributed by atoms with Gasteiger partial charge in [0.05, 0.1) is 6.10 Å². The molecule has 1 aromatic carbocycles. The molecule has 2 heterocycles. The molecule has 1 aliphatic heterocycles. The number of rotatable bonds is 7. The van der Waals surface area contributed by atoms with E-state index in [-0.39, 0.29) is 18.5 Å². The van der Waals surface area contributed by atoms with E-state index in [9.17, 15) is 0 Å². The molecule has 1 saturated heterocycles. The van der Waals surface area contributed by atoms with E-state index in [1.165, 1.54) is 0 Å². The zero-order valence-corrected chi connectivity index (χ0v) is 14.8. The third-order valence-corrected chi connectivity index (χ3v) is 3.99. The fraction of sp³-hybridized carbons (Fsp3) is 0.529. The second kappa shape index (κ2) is 9.01. The SMILES string of the molecule is CNC(C)Cc1noc(-c2cccc(OCC3CCCO3)c2)n1.Cl. The molecule has 0 amide bonds. The summed E-state index contributed by atoms with van der Waals surface area (Å²) in [5.41, 5.74) is 0.866. The van der Waals surface area contributed by atoms with E-state index in [0.717, 1.165) is 37.2 Å². The van der Waals surface area contributed by atoms with Gasteiger partial charge in [-0.3, -0.25) is 0 Å². The monoisotopic (exact) mass is 353 g/mol. The number of hydrogen-bond acceptors (Lipinski definition) is 6. The molecule has 2 aromatic rings. The van der Waals surface area contributed by atoms with Crippen molar-refractivity contribution in [2.75, 3.05) is 20.3 Å². The number of benzene rings is 1. The number of ether oxygens (including phenoxy) is 2. The van der Waals surface area contributed by atoms with Gasteiger partial charge >= 0.3 is 0 Å². The van der Waals surface area contributed by atoms with Crippen LogP contribution in [0.5, 0.6) is 5.75 Å². The van der Waals surface area contributed by atoms with E-state index < -0.39 is 0 Å². The second-order valence-electron chi connectivity index (χ2n) is 5.88. The molecular weight excluding hydrogens is 330 g/mol. The summed E-state index contributed by atoms with van der Waals surface area (Å²) in [4.78, 5) is 4.45. The Hall–Kier alpha value is -1.63. The van der Waals surface area contributed by atoms with E-state index in [2.05, 4.69) is 22.4 Å². The van der Waals surface area contributed by atoms with Crippen LogP contribution in [0.4, 0.5) is 0 Å². The fourth-order valence-corrected chi connectivity index (χ4v) is 2.51. The minimum Gasteiger partial charge on any atom is -0.491 e. The molecule has 0 spiro atoms. The highest BCUT2D eigenvalue weighted by Gasteiger charge is 2.16. The van der Waals surface area contributed by atoms with Crippen LogP contribution in [0, 0.1) is 0 Å². The smallest absolute Gasteiger partial charge is 0.258 e. The number of nitrogens with one attached hydrogen (secondary N) is 1. The summed E-state index contributed by atoms with van der Waals surface area (Å²) in [7, 11) is 1.92. The highest BCUT2D eigenvalue weighted by molar-refractivity contribution is 5.85. The molecule has 7 heteroatoms. The molecule has 0 radical (unpaired) electrons. The third kappa shape index (κ3) is 4.93. The van der Waals surface area contributed by atoms with Crippen molar-refractivity contribution in [2.24, 2.45) is 0 Å². The van der Waals surface area contributed by atoms with Gasteiger partial charge in [0.1, 0.15) is 12.4 Å². The average molecular weight is 354 g/mol. The minimum absolute atomic E-state index is 0. The molecule has 2 unspecified atom stereocenters. The lowest BCUT2D eigenvalue weighted by Gasteiger charge is -2.11. The topological polar surface area (TPSA) is 69.4 Å². The molecule has 0 aliphatic carbocycles. The maximum atomic E-state index is 5.82. The lowest BCUT2D eigenvalue weighted by atomic mass is 10.2. The third-order valence-electron chi connectivity index (χ3n) is 3.99. The predicted octanol–water partition coefficient (Wildman–Crippen LogP) is 2.87. The highest BCUT2D eigenvalue weighted by atomic mass is 35.5. The Bertz CT molecular complexity index is 629. The Morgan fingerprint density at radius 1 is 1.42 bits per heavy atom. The summed E-state index contributed by atoms with van der Waals surface area (Å²) in [6, 6.07) is 8.03. The first-order valence-corrected chi connectivity index (χ1v) is 8.09. The van der Waals surface area contributed by atoms with Gasteiger partial charge in [0, 0.05) is 24.6 Å². The molecule has 1 aliphatic rings. The van der Waals surface area contributed by atoms with Gasteiger partial charge in [0.2, 0.25) is 0 Å². The van der Waals surface area contributed by atoms with Crippen LogP contribution in [0.1, 0.15) is 25.6 Å². The lowest BCUT2D eigenvalue weighted by Crippen LogP contribution is -2.24. The summed E-state index contributed by atoms with van der Waals surface area (Å²) < 4.78 is 16.7. The summed E-state index contributed by atoms with van der Waals surface area (Å²) in [5.74, 6) is 2.01. The van der Waals surface area contributed by atoms with Gasteiger partial charge in [0.25, 0.3) is 5.89 Å². The summed E-state index contributed by atoms with van der Waals surface area (Å²) in [5, 5.41) is 7.19. The first kappa shape index (κ1) is 18.7. The van der Waals surface area contributed by atoms with Crippen LogP contribution in [0.15, 0.2) is 28.8 Å². The number of hydrogen-bond donors (Lipinski definition) is 1. The normalized spacial score (nSPS) is 18.2. The van der Waals surface area contributed by atoms with Crippen LogP contribution in [-0.2, 0) is 11.2 Å². The van der Waals surface area contributed by atoms with Gasteiger partial charge in [-0.1, -0.05) is 11.2 Å². The maximum absolute atomic E-state index is 5.82. The number of nitrogens with zero attached hydrogens (tertiary/aromatic N) is 2. The van der Waals surface area contributed by atoms with Gasteiger partial charge < -0.3 is 19.3 Å². The molecule has 24 heavy (non-hydrogen) atoms. The lowest BCUT2D eigenvalue weighted by molar-refractivity contribution is 0.0680. The van der Waals surface area contributed by atoms with E-state index in [4.69, 9.17) is 14.0 Å². The molecule has 3 rings (SSSR count). The summed E-state index contributed by atoms with van der Waals surface area (Å²) in [6.45, 7) is 3.50. The minimum atomic E-state index is 0. The Kier molecular flexibility index (Phi) is 7.02. The van der Waals surface area contributed by atoms with Crippen molar-refractivity contribution in [3.05, 3.63) is 30.1 Å². The fourth-order valence-electron chi connectivity index (χ4n) is 2.51. The van der Waals surface area contributed by atoms with E-state index in [1.807, 2.05) is 31.3 Å². The quantitative estimate of drug-likeness (QED) is 0.825. The molecule has 1 fully saturated rings. The van der Waals surface area contributed by atoms with Gasteiger partial charge in [-0.15, -0.1) is 12.4 Å². The molecule has 2 atom stereocenters. The molecule has 1 aromatic heterocycles. The Morgan fingerprint density at radius 2 is 2.29 bits per heavy atom. The van der Waals surface area contributed by atoms with E-state index >= 15 is 0 Å². The first-order chi connectivity index (χ1) is 11.2. The maximum Gasteiger partial charge on any atom is 0.258 e.